The molecule has 3 aromatic rings. The molecule has 0 spiro atoms. The molecule has 0 radical (unpaired) electrons. The maximum absolute atomic E-state index is 12.3. The molecular weight excluding hydrogens is 352 g/mol. The van der Waals surface area contributed by atoms with E-state index >= 15 is 0 Å². The molecule has 0 aliphatic heterocycles. The van der Waals surface area contributed by atoms with E-state index in [-0.39, 0.29) is 17.5 Å². The lowest BCUT2D eigenvalue weighted by Crippen LogP contribution is -2.32. The lowest BCUT2D eigenvalue weighted by atomic mass is 10.2. The van der Waals surface area contributed by atoms with E-state index in [0.29, 0.717) is 26.9 Å². The van der Waals surface area contributed by atoms with Gasteiger partial charge >= 0.3 is 6.09 Å². The summed E-state index contributed by atoms with van der Waals surface area (Å²) >= 11 is 1.31. The highest BCUT2D eigenvalue weighted by atomic mass is 32.1. The average molecular weight is 372 g/mol. The Morgan fingerprint density at radius 3 is 2.54 bits per heavy atom. The molecule has 2 heterocycles. The molecule has 0 saturated heterocycles. The summed E-state index contributed by atoms with van der Waals surface area (Å²) in [4.78, 5) is 38.2. The summed E-state index contributed by atoms with van der Waals surface area (Å²) in [5, 5.41) is 0.631. The highest BCUT2D eigenvalue weighted by Gasteiger charge is 2.23. The molecule has 0 unspecified atom stereocenters. The Bertz CT molecular complexity index is 981. The maximum Gasteiger partial charge on any atom is 0.415 e. The van der Waals surface area contributed by atoms with Crippen LogP contribution in [0, 0.1) is 0 Å². The van der Waals surface area contributed by atoms with Crippen LogP contribution < -0.4 is 10.3 Å². The largest absolute Gasteiger partial charge is 0.415 e. The van der Waals surface area contributed by atoms with E-state index in [1.54, 1.807) is 31.3 Å². The number of carbonyl (C=O) groups excluding carboxylic acids is 1. The van der Waals surface area contributed by atoms with Crippen molar-refractivity contribution in [1.82, 2.24) is 19.9 Å². The zero-order valence-corrected chi connectivity index (χ0v) is 15.8. The predicted octanol–water partition coefficient (Wildman–Crippen LogP) is 3.69. The van der Waals surface area contributed by atoms with Gasteiger partial charge in [0.25, 0.3) is 5.56 Å². The lowest BCUT2D eigenvalue weighted by molar-refractivity contribution is 0.149. The van der Waals surface area contributed by atoms with Gasteiger partial charge in [-0.3, -0.25) is 4.79 Å². The van der Waals surface area contributed by atoms with Crippen molar-refractivity contribution < 1.29 is 9.53 Å². The molecule has 1 N–H and O–H groups in total. The zero-order chi connectivity index (χ0) is 18.8. The molecule has 8 heteroatoms. The van der Waals surface area contributed by atoms with Crippen molar-refractivity contribution in [1.29, 1.82) is 0 Å². The van der Waals surface area contributed by atoms with Crippen LogP contribution in [0.4, 0.5) is 4.79 Å². The third-order valence-electron chi connectivity index (χ3n) is 4.03. The van der Waals surface area contributed by atoms with Gasteiger partial charge in [-0.1, -0.05) is 43.4 Å². The van der Waals surface area contributed by atoms with Gasteiger partial charge in [-0.15, -0.1) is 0 Å². The summed E-state index contributed by atoms with van der Waals surface area (Å²) in [5.74, 6) is 1.21. The number of amides is 1. The lowest BCUT2D eigenvalue weighted by Gasteiger charge is -2.22. The summed E-state index contributed by atoms with van der Waals surface area (Å²) in [6.45, 7) is 5.76. The SMILES string of the molecule is CC(C)c1nc2sc([C@@H](C)N(C)C(=O)Oc3ccccc3)nc2c(=O)[nH]1. The van der Waals surface area contributed by atoms with Crippen LogP contribution >= 0.6 is 11.3 Å². The minimum absolute atomic E-state index is 0.110. The second-order valence-electron chi connectivity index (χ2n) is 6.28. The molecule has 0 bridgehead atoms. The van der Waals surface area contributed by atoms with Crippen molar-refractivity contribution in [2.24, 2.45) is 0 Å². The van der Waals surface area contributed by atoms with Crippen molar-refractivity contribution in [2.75, 3.05) is 7.05 Å². The van der Waals surface area contributed by atoms with Gasteiger partial charge in [-0.2, -0.15) is 0 Å². The molecule has 0 saturated carbocycles. The zero-order valence-electron chi connectivity index (χ0n) is 15.0. The van der Waals surface area contributed by atoms with Gasteiger partial charge in [0.05, 0.1) is 6.04 Å². The number of nitrogens with zero attached hydrogens (tertiary/aromatic N) is 3. The van der Waals surface area contributed by atoms with Crippen molar-refractivity contribution in [3.63, 3.8) is 0 Å². The van der Waals surface area contributed by atoms with Crippen LogP contribution in [-0.4, -0.2) is 33.0 Å². The normalized spacial score (nSPS) is 12.3. The number of H-pyrrole nitrogens is 1. The number of hydrogen-bond donors (Lipinski definition) is 1. The summed E-state index contributed by atoms with van der Waals surface area (Å²) in [6, 6.07) is 8.51. The van der Waals surface area contributed by atoms with E-state index in [1.807, 2.05) is 26.8 Å². The van der Waals surface area contributed by atoms with Crippen molar-refractivity contribution >= 4 is 27.8 Å². The number of carbonyl (C=O) groups is 1. The van der Waals surface area contributed by atoms with Gasteiger partial charge < -0.3 is 14.6 Å². The van der Waals surface area contributed by atoms with E-state index in [2.05, 4.69) is 15.0 Å². The summed E-state index contributed by atoms with van der Waals surface area (Å²) in [5.41, 5.74) is 0.0361. The minimum Gasteiger partial charge on any atom is -0.410 e. The van der Waals surface area contributed by atoms with Gasteiger partial charge in [-0.25, -0.2) is 14.8 Å². The Balaban J connectivity index is 1.84. The van der Waals surface area contributed by atoms with E-state index < -0.39 is 6.09 Å². The highest BCUT2D eigenvalue weighted by Crippen LogP contribution is 2.27. The fourth-order valence-electron chi connectivity index (χ4n) is 2.30. The molecule has 0 aliphatic carbocycles. The van der Waals surface area contributed by atoms with Gasteiger partial charge in [0.2, 0.25) is 0 Å². The molecule has 26 heavy (non-hydrogen) atoms. The second-order valence-corrected chi connectivity index (χ2v) is 7.29. The Hall–Kier alpha value is -2.74. The third-order valence-corrected chi connectivity index (χ3v) is 5.15. The first-order valence-corrected chi connectivity index (χ1v) is 9.08. The molecule has 1 atom stereocenters. The number of thiazole rings is 1. The average Bonchev–Trinajstić information content (AvgIpc) is 3.06. The molecule has 7 nitrogen and oxygen atoms in total. The van der Waals surface area contributed by atoms with Crippen LogP contribution in [0.15, 0.2) is 35.1 Å². The van der Waals surface area contributed by atoms with Crippen LogP contribution in [0.25, 0.3) is 10.3 Å². The first-order chi connectivity index (χ1) is 12.4. The van der Waals surface area contributed by atoms with E-state index in [4.69, 9.17) is 4.74 Å². The van der Waals surface area contributed by atoms with Gasteiger partial charge in [-0.05, 0) is 19.1 Å². The Kier molecular flexibility index (Phi) is 5.03. The first kappa shape index (κ1) is 18.1. The fraction of sp³-hybridized carbons (Fsp3) is 0.333. The number of aromatic nitrogens is 3. The van der Waals surface area contributed by atoms with E-state index in [9.17, 15) is 9.59 Å². The van der Waals surface area contributed by atoms with Crippen molar-refractivity contribution in [2.45, 2.75) is 32.7 Å². The van der Waals surface area contributed by atoms with E-state index in [0.717, 1.165) is 0 Å². The number of ether oxygens (including phenoxy) is 1. The summed E-state index contributed by atoms with van der Waals surface area (Å²) in [7, 11) is 1.64. The summed E-state index contributed by atoms with van der Waals surface area (Å²) < 4.78 is 5.35. The Morgan fingerprint density at radius 1 is 1.19 bits per heavy atom. The monoisotopic (exact) mass is 372 g/mol. The van der Waals surface area contributed by atoms with Crippen molar-refractivity contribution in [3.05, 3.63) is 51.5 Å². The fourth-order valence-corrected chi connectivity index (χ4v) is 3.34. The topological polar surface area (TPSA) is 88.2 Å². The van der Waals surface area contributed by atoms with Crippen LogP contribution in [-0.2, 0) is 0 Å². The molecule has 3 rings (SSSR count). The number of hydrogen-bond acceptors (Lipinski definition) is 6. The first-order valence-electron chi connectivity index (χ1n) is 8.27. The van der Waals surface area contributed by atoms with Crippen LogP contribution in [0.3, 0.4) is 0 Å². The molecular formula is C18H20N4O3S. The molecule has 1 amide bonds. The van der Waals surface area contributed by atoms with E-state index in [1.165, 1.54) is 16.2 Å². The number of aromatic amines is 1. The van der Waals surface area contributed by atoms with Crippen molar-refractivity contribution in [3.8, 4) is 5.75 Å². The van der Waals surface area contributed by atoms with Gasteiger partial charge in [0, 0.05) is 13.0 Å². The number of rotatable bonds is 4. The van der Waals surface area contributed by atoms with Gasteiger partial charge in [0.1, 0.15) is 16.6 Å². The predicted molar refractivity (Wildman–Crippen MR) is 101 cm³/mol. The maximum atomic E-state index is 12.3. The number of nitrogens with one attached hydrogen (secondary N) is 1. The number of fused-ring (bicyclic) bond motifs is 1. The molecule has 0 fully saturated rings. The summed E-state index contributed by atoms with van der Waals surface area (Å²) in [6.07, 6.45) is -0.493. The highest BCUT2D eigenvalue weighted by molar-refractivity contribution is 7.18. The molecule has 1 aromatic carbocycles. The minimum atomic E-state index is -0.493. The number of benzene rings is 1. The third kappa shape index (κ3) is 3.60. The molecule has 2 aromatic heterocycles. The smallest absolute Gasteiger partial charge is 0.410 e. The second kappa shape index (κ2) is 7.25. The van der Waals surface area contributed by atoms with Crippen LogP contribution in [0.2, 0.25) is 0 Å². The molecule has 0 aliphatic rings. The quantitative estimate of drug-likeness (QED) is 0.754. The van der Waals surface area contributed by atoms with Gasteiger partial charge in [0.15, 0.2) is 10.3 Å². The molecule has 136 valence electrons. The number of para-hydroxylation sites is 1. The standard InChI is InChI=1S/C18H20N4O3S/c1-10(2)14-20-15(23)13-17(21-14)26-16(19-13)11(3)22(4)18(24)25-12-8-6-5-7-9-12/h5-11H,1-4H3,(H,20,21,23)/t11-/m1/s1. The Labute approximate surface area is 154 Å². The van der Waals surface area contributed by atoms with Crippen LogP contribution in [0.1, 0.15) is 43.6 Å². The van der Waals surface area contributed by atoms with Crippen LogP contribution in [0.5, 0.6) is 5.75 Å². The Morgan fingerprint density at radius 2 is 1.88 bits per heavy atom.